The second-order valence-electron chi connectivity index (χ2n) is 4.03. The van der Waals surface area contributed by atoms with Gasteiger partial charge < -0.3 is 5.32 Å². The molecule has 0 radical (unpaired) electrons. The lowest BCUT2D eigenvalue weighted by Gasteiger charge is -2.04. The Morgan fingerprint density at radius 2 is 2.00 bits per heavy atom. The number of rotatable bonds is 4. The molecule has 0 aliphatic carbocycles. The van der Waals surface area contributed by atoms with Gasteiger partial charge in [-0.1, -0.05) is 12.1 Å². The van der Waals surface area contributed by atoms with Crippen molar-refractivity contribution in [2.75, 3.05) is 13.6 Å². The van der Waals surface area contributed by atoms with Gasteiger partial charge >= 0.3 is 0 Å². The van der Waals surface area contributed by atoms with Crippen molar-refractivity contribution < 1.29 is 4.39 Å². The Hall–Kier alpha value is -1.68. The van der Waals surface area contributed by atoms with Gasteiger partial charge in [0.1, 0.15) is 5.82 Å². The quantitative estimate of drug-likeness (QED) is 0.850. The van der Waals surface area contributed by atoms with Crippen LogP contribution < -0.4 is 5.32 Å². The summed E-state index contributed by atoms with van der Waals surface area (Å²) in [6.07, 6.45) is 0.855. The Labute approximate surface area is 100 Å². The van der Waals surface area contributed by atoms with Gasteiger partial charge in [0, 0.05) is 24.2 Å². The van der Waals surface area contributed by atoms with Crippen LogP contribution in [0, 0.1) is 12.7 Å². The maximum atomic E-state index is 12.9. The minimum atomic E-state index is -0.216. The van der Waals surface area contributed by atoms with Crippen LogP contribution in [0.3, 0.4) is 0 Å². The van der Waals surface area contributed by atoms with Crippen LogP contribution >= 0.6 is 0 Å². The Morgan fingerprint density at radius 3 is 2.65 bits per heavy atom. The molecule has 3 nitrogen and oxygen atoms in total. The van der Waals surface area contributed by atoms with E-state index in [0.717, 1.165) is 35.5 Å². The number of aromatic nitrogens is 2. The molecule has 0 spiro atoms. The van der Waals surface area contributed by atoms with Crippen molar-refractivity contribution >= 4 is 0 Å². The van der Waals surface area contributed by atoms with Gasteiger partial charge in [0.2, 0.25) is 0 Å². The highest BCUT2D eigenvalue weighted by Gasteiger charge is 2.11. The average Bonchev–Trinajstić information content (AvgIpc) is 2.69. The molecule has 0 bridgehead atoms. The summed E-state index contributed by atoms with van der Waals surface area (Å²) >= 11 is 0. The van der Waals surface area contributed by atoms with Crippen LogP contribution in [0.2, 0.25) is 0 Å². The molecular formula is C13H16FN3. The molecular weight excluding hydrogens is 217 g/mol. The zero-order valence-electron chi connectivity index (χ0n) is 10.0. The molecule has 2 rings (SSSR count). The molecule has 4 heteroatoms. The normalized spacial score (nSPS) is 10.8. The Balaban J connectivity index is 2.36. The van der Waals surface area contributed by atoms with Crippen LogP contribution in [0.15, 0.2) is 24.3 Å². The van der Waals surface area contributed by atoms with Gasteiger partial charge in [0.05, 0.1) is 5.69 Å². The number of hydrogen-bond acceptors (Lipinski definition) is 2. The number of benzene rings is 1. The molecule has 2 aromatic rings. The number of H-pyrrole nitrogens is 1. The summed E-state index contributed by atoms with van der Waals surface area (Å²) in [5, 5.41) is 10.4. The summed E-state index contributed by atoms with van der Waals surface area (Å²) in [5.41, 5.74) is 4.12. The van der Waals surface area contributed by atoms with Crippen molar-refractivity contribution in [3.63, 3.8) is 0 Å². The van der Waals surface area contributed by atoms with Gasteiger partial charge in [0.15, 0.2) is 0 Å². The van der Waals surface area contributed by atoms with Gasteiger partial charge in [0.25, 0.3) is 0 Å². The third kappa shape index (κ3) is 2.53. The molecule has 1 heterocycles. The number of halogens is 1. The topological polar surface area (TPSA) is 40.7 Å². The number of likely N-dealkylation sites (N-methyl/N-ethyl adjacent to an activating group) is 1. The van der Waals surface area contributed by atoms with Crippen LogP contribution in [-0.2, 0) is 6.42 Å². The Morgan fingerprint density at radius 1 is 1.29 bits per heavy atom. The third-order valence-electron chi connectivity index (χ3n) is 2.77. The molecule has 0 saturated heterocycles. The monoisotopic (exact) mass is 233 g/mol. The van der Waals surface area contributed by atoms with Crippen molar-refractivity contribution in [1.82, 2.24) is 15.5 Å². The maximum Gasteiger partial charge on any atom is 0.123 e. The van der Waals surface area contributed by atoms with Gasteiger partial charge in [-0.3, -0.25) is 5.10 Å². The highest BCUT2D eigenvalue weighted by atomic mass is 19.1. The van der Waals surface area contributed by atoms with Gasteiger partial charge in [-0.25, -0.2) is 4.39 Å². The summed E-state index contributed by atoms with van der Waals surface area (Å²) in [6, 6.07) is 6.53. The van der Waals surface area contributed by atoms with Crippen LogP contribution in [0.1, 0.15) is 11.4 Å². The van der Waals surface area contributed by atoms with Gasteiger partial charge in [-0.2, -0.15) is 5.10 Å². The first-order valence-corrected chi connectivity index (χ1v) is 5.66. The number of nitrogens with zero attached hydrogens (tertiary/aromatic N) is 1. The fourth-order valence-electron chi connectivity index (χ4n) is 1.90. The Bertz CT molecular complexity index is 488. The molecule has 0 fully saturated rings. The molecule has 0 aliphatic heterocycles. The second-order valence-corrected chi connectivity index (χ2v) is 4.03. The first kappa shape index (κ1) is 11.8. The first-order valence-electron chi connectivity index (χ1n) is 5.66. The zero-order chi connectivity index (χ0) is 12.3. The fraction of sp³-hybridized carbons (Fsp3) is 0.308. The highest BCUT2D eigenvalue weighted by Crippen LogP contribution is 2.26. The number of aromatic amines is 1. The summed E-state index contributed by atoms with van der Waals surface area (Å²) in [5.74, 6) is -0.216. The van der Waals surface area contributed by atoms with Crippen LogP contribution in [0.5, 0.6) is 0 Å². The largest absolute Gasteiger partial charge is 0.319 e. The summed E-state index contributed by atoms with van der Waals surface area (Å²) in [4.78, 5) is 0. The molecule has 2 N–H and O–H groups in total. The van der Waals surface area contributed by atoms with E-state index in [1.54, 1.807) is 12.1 Å². The Kier molecular flexibility index (Phi) is 3.54. The van der Waals surface area contributed by atoms with E-state index in [4.69, 9.17) is 0 Å². The van der Waals surface area contributed by atoms with E-state index < -0.39 is 0 Å². The molecule has 0 amide bonds. The number of nitrogens with one attached hydrogen (secondary N) is 2. The van der Waals surface area contributed by atoms with E-state index in [2.05, 4.69) is 15.5 Å². The van der Waals surface area contributed by atoms with E-state index in [9.17, 15) is 4.39 Å². The zero-order valence-corrected chi connectivity index (χ0v) is 10.0. The highest BCUT2D eigenvalue weighted by molar-refractivity contribution is 5.68. The van der Waals surface area contributed by atoms with E-state index >= 15 is 0 Å². The second kappa shape index (κ2) is 5.10. The van der Waals surface area contributed by atoms with E-state index in [1.165, 1.54) is 12.1 Å². The molecule has 1 aromatic carbocycles. The third-order valence-corrected chi connectivity index (χ3v) is 2.77. The predicted molar refractivity (Wildman–Crippen MR) is 66.3 cm³/mol. The summed E-state index contributed by atoms with van der Waals surface area (Å²) in [7, 11) is 1.91. The standard InChI is InChI=1S/C13H16FN3/c1-9-13(10-3-5-11(14)6-4-10)12(17-16-9)7-8-15-2/h3-6,15H,7-8H2,1-2H3,(H,16,17). The average molecular weight is 233 g/mol. The first-order chi connectivity index (χ1) is 8.22. The molecule has 90 valence electrons. The summed E-state index contributed by atoms with van der Waals surface area (Å²) < 4.78 is 12.9. The lowest BCUT2D eigenvalue weighted by Crippen LogP contribution is -2.11. The van der Waals surface area contributed by atoms with E-state index in [1.807, 2.05) is 14.0 Å². The molecule has 17 heavy (non-hydrogen) atoms. The molecule has 0 atom stereocenters. The fourth-order valence-corrected chi connectivity index (χ4v) is 1.90. The van der Waals surface area contributed by atoms with Crippen molar-refractivity contribution in [2.45, 2.75) is 13.3 Å². The lowest BCUT2D eigenvalue weighted by atomic mass is 10.0. The predicted octanol–water partition coefficient (Wildman–Crippen LogP) is 2.29. The van der Waals surface area contributed by atoms with Crippen molar-refractivity contribution in [1.29, 1.82) is 0 Å². The van der Waals surface area contributed by atoms with E-state index in [0.29, 0.717) is 0 Å². The van der Waals surface area contributed by atoms with Crippen LogP contribution in [0.4, 0.5) is 4.39 Å². The molecule has 0 aliphatic rings. The SMILES string of the molecule is CNCCc1n[nH]c(C)c1-c1ccc(F)cc1. The number of aryl methyl sites for hydroxylation is 1. The van der Waals surface area contributed by atoms with Crippen LogP contribution in [-0.4, -0.2) is 23.8 Å². The minimum Gasteiger partial charge on any atom is -0.319 e. The maximum absolute atomic E-state index is 12.9. The summed E-state index contributed by atoms with van der Waals surface area (Å²) in [6.45, 7) is 2.85. The van der Waals surface area contributed by atoms with Crippen LogP contribution in [0.25, 0.3) is 11.1 Å². The smallest absolute Gasteiger partial charge is 0.123 e. The van der Waals surface area contributed by atoms with Crippen molar-refractivity contribution in [3.8, 4) is 11.1 Å². The molecule has 1 aromatic heterocycles. The molecule has 0 unspecified atom stereocenters. The van der Waals surface area contributed by atoms with Gasteiger partial charge in [-0.15, -0.1) is 0 Å². The molecule has 0 saturated carbocycles. The van der Waals surface area contributed by atoms with Crippen molar-refractivity contribution in [3.05, 3.63) is 41.5 Å². The number of hydrogen-bond donors (Lipinski definition) is 2. The minimum absolute atomic E-state index is 0.216. The van der Waals surface area contributed by atoms with Gasteiger partial charge in [-0.05, 0) is 31.7 Å². The van der Waals surface area contributed by atoms with Crippen molar-refractivity contribution in [2.24, 2.45) is 0 Å². The lowest BCUT2D eigenvalue weighted by molar-refractivity contribution is 0.628. The van der Waals surface area contributed by atoms with E-state index in [-0.39, 0.29) is 5.82 Å².